The van der Waals surface area contributed by atoms with Crippen molar-refractivity contribution in [3.63, 3.8) is 0 Å². The highest BCUT2D eigenvalue weighted by Gasteiger charge is 2.51. The van der Waals surface area contributed by atoms with Crippen LogP contribution in [0, 0.1) is 0 Å². The Hall–Kier alpha value is -1.37. The fraction of sp³-hybridized carbons (Fsp3) is 0.588. The normalized spacial score (nSPS) is 20.3. The molecule has 0 saturated carbocycles. The monoisotopic (exact) mass is 319 g/mol. The zero-order valence-corrected chi connectivity index (χ0v) is 14.8. The number of amides is 1. The van der Waals surface area contributed by atoms with E-state index in [1.54, 1.807) is 0 Å². The number of methoxy groups -OCH3 is 1. The molecule has 0 radical (unpaired) electrons. The van der Waals surface area contributed by atoms with Gasteiger partial charge in [0, 0.05) is 7.11 Å². The summed E-state index contributed by atoms with van der Waals surface area (Å²) in [4.78, 5) is 11.6. The first-order valence-electron chi connectivity index (χ1n) is 7.90. The lowest BCUT2D eigenvalue weighted by Gasteiger charge is -2.32. The predicted octanol–water partition coefficient (Wildman–Crippen LogP) is 1.81. The zero-order chi connectivity index (χ0) is 17.3. The van der Waals surface area contributed by atoms with E-state index in [1.807, 2.05) is 58.9 Å². The maximum atomic E-state index is 11.6. The summed E-state index contributed by atoms with van der Waals surface area (Å²) in [6.45, 7) is 10.2. The molecule has 0 aliphatic carbocycles. The summed E-state index contributed by atoms with van der Waals surface area (Å²) >= 11 is 0. The van der Waals surface area contributed by atoms with Gasteiger partial charge in [0.2, 0.25) is 5.91 Å². The number of rotatable bonds is 5. The van der Waals surface area contributed by atoms with Gasteiger partial charge >= 0.3 is 7.12 Å². The van der Waals surface area contributed by atoms with Crippen molar-refractivity contribution < 1.29 is 18.8 Å². The molecule has 23 heavy (non-hydrogen) atoms. The van der Waals surface area contributed by atoms with Crippen LogP contribution in [0.3, 0.4) is 0 Å². The topological polar surface area (TPSA) is 56.8 Å². The summed E-state index contributed by atoms with van der Waals surface area (Å²) in [7, 11) is 1.14. The van der Waals surface area contributed by atoms with Crippen LogP contribution in [0.25, 0.3) is 0 Å². The average Bonchev–Trinajstić information content (AvgIpc) is 2.68. The van der Waals surface area contributed by atoms with Gasteiger partial charge in [0.1, 0.15) is 6.61 Å². The molecule has 1 aromatic carbocycles. The molecule has 1 aliphatic rings. The van der Waals surface area contributed by atoms with Gasteiger partial charge in [-0.25, -0.2) is 0 Å². The van der Waals surface area contributed by atoms with E-state index in [9.17, 15) is 4.79 Å². The lowest BCUT2D eigenvalue weighted by molar-refractivity contribution is -0.125. The highest BCUT2D eigenvalue weighted by Crippen LogP contribution is 2.36. The molecule has 1 atom stereocenters. The van der Waals surface area contributed by atoms with Crippen LogP contribution in [0.1, 0.15) is 46.2 Å². The van der Waals surface area contributed by atoms with Crippen LogP contribution in [0.4, 0.5) is 0 Å². The third kappa shape index (κ3) is 3.94. The number of carbonyl (C=O) groups is 1. The Labute approximate surface area is 138 Å². The summed E-state index contributed by atoms with van der Waals surface area (Å²) < 4.78 is 16.9. The number of nitrogens with one attached hydrogen (secondary N) is 1. The van der Waals surface area contributed by atoms with Gasteiger partial charge in [0.25, 0.3) is 0 Å². The molecule has 1 N–H and O–H groups in total. The van der Waals surface area contributed by atoms with Crippen molar-refractivity contribution in [2.24, 2.45) is 0 Å². The van der Waals surface area contributed by atoms with E-state index < -0.39 is 0 Å². The number of ether oxygens (including phenoxy) is 1. The Bertz CT molecular complexity index is 540. The first kappa shape index (κ1) is 18.0. The fourth-order valence-electron chi connectivity index (χ4n) is 2.42. The molecule has 1 aromatic rings. The third-order valence-electron chi connectivity index (χ3n) is 4.61. The molecule has 126 valence electrons. The molecule has 2 rings (SSSR count). The smallest absolute Gasteiger partial charge is 0.399 e. The largest absolute Gasteiger partial charge is 0.494 e. The molecule has 1 amide bonds. The van der Waals surface area contributed by atoms with Crippen LogP contribution in [0.5, 0.6) is 0 Å². The van der Waals surface area contributed by atoms with Gasteiger partial charge < -0.3 is 19.4 Å². The van der Waals surface area contributed by atoms with Crippen molar-refractivity contribution in [2.75, 3.05) is 13.7 Å². The highest BCUT2D eigenvalue weighted by molar-refractivity contribution is 6.62. The second-order valence-corrected chi connectivity index (χ2v) is 6.98. The molecular formula is C17H26BNO4. The minimum Gasteiger partial charge on any atom is -0.399 e. The minimum atomic E-state index is -0.368. The van der Waals surface area contributed by atoms with E-state index in [4.69, 9.17) is 14.0 Å². The molecule has 1 aliphatic heterocycles. The van der Waals surface area contributed by atoms with Crippen LogP contribution in [0.2, 0.25) is 0 Å². The molecule has 0 aromatic heterocycles. The molecule has 0 bridgehead atoms. The Morgan fingerprint density at radius 1 is 1.17 bits per heavy atom. The Balaban J connectivity index is 2.04. The van der Waals surface area contributed by atoms with Crippen molar-refractivity contribution in [3.8, 4) is 0 Å². The van der Waals surface area contributed by atoms with Gasteiger partial charge in [-0.05, 0) is 45.6 Å². The van der Waals surface area contributed by atoms with Crippen molar-refractivity contribution in [1.82, 2.24) is 5.32 Å². The molecule has 1 fully saturated rings. The van der Waals surface area contributed by atoms with E-state index in [1.165, 1.54) is 7.11 Å². The van der Waals surface area contributed by atoms with E-state index in [0.717, 1.165) is 11.0 Å². The summed E-state index contributed by atoms with van der Waals surface area (Å²) in [5, 5.41) is 2.89. The van der Waals surface area contributed by atoms with Gasteiger partial charge in [-0.3, -0.25) is 4.79 Å². The first-order valence-corrected chi connectivity index (χ1v) is 7.90. The predicted molar refractivity (Wildman–Crippen MR) is 90.6 cm³/mol. The Kier molecular flexibility index (Phi) is 5.18. The van der Waals surface area contributed by atoms with Gasteiger partial charge in [0.15, 0.2) is 0 Å². The van der Waals surface area contributed by atoms with Gasteiger partial charge in [-0.1, -0.05) is 24.3 Å². The lowest BCUT2D eigenvalue weighted by Crippen LogP contribution is -2.41. The summed E-state index contributed by atoms with van der Waals surface area (Å²) in [5.41, 5.74) is 1.30. The van der Waals surface area contributed by atoms with Crippen molar-refractivity contribution in [3.05, 3.63) is 29.8 Å². The van der Waals surface area contributed by atoms with Gasteiger partial charge in [0.05, 0.1) is 17.2 Å². The molecule has 1 saturated heterocycles. The van der Waals surface area contributed by atoms with Crippen LogP contribution >= 0.6 is 0 Å². The van der Waals surface area contributed by atoms with E-state index in [-0.39, 0.29) is 36.9 Å². The van der Waals surface area contributed by atoms with Crippen molar-refractivity contribution >= 4 is 18.5 Å². The molecule has 0 unspecified atom stereocenters. The molecule has 1 heterocycles. The minimum absolute atomic E-state index is 0.0658. The standard InChI is InChI=1S/C17H26BNO4/c1-12(19-15(20)11-21-6)13-7-9-14(10-8-13)18-22-16(2,3)17(4,5)23-18/h7-10,12H,11H2,1-6H3,(H,19,20)/t12-/m1/s1. The number of benzene rings is 1. The molecule has 0 spiro atoms. The SMILES string of the molecule is COCC(=O)N[C@H](C)c1ccc(B2OC(C)(C)C(C)(C)O2)cc1. The first-order chi connectivity index (χ1) is 10.7. The Morgan fingerprint density at radius 3 is 2.17 bits per heavy atom. The fourth-order valence-corrected chi connectivity index (χ4v) is 2.42. The number of hydrogen-bond donors (Lipinski definition) is 1. The molecular weight excluding hydrogens is 293 g/mol. The second kappa shape index (κ2) is 6.63. The lowest BCUT2D eigenvalue weighted by atomic mass is 9.78. The van der Waals surface area contributed by atoms with Crippen LogP contribution < -0.4 is 10.8 Å². The second-order valence-electron chi connectivity index (χ2n) is 6.98. The van der Waals surface area contributed by atoms with Gasteiger partial charge in [-0.15, -0.1) is 0 Å². The quantitative estimate of drug-likeness (QED) is 0.841. The number of hydrogen-bond acceptors (Lipinski definition) is 4. The van der Waals surface area contributed by atoms with Crippen molar-refractivity contribution in [1.29, 1.82) is 0 Å². The number of carbonyl (C=O) groups excluding carboxylic acids is 1. The Morgan fingerprint density at radius 2 is 1.70 bits per heavy atom. The zero-order valence-electron chi connectivity index (χ0n) is 14.8. The van der Waals surface area contributed by atoms with E-state index >= 15 is 0 Å². The summed E-state index contributed by atoms with van der Waals surface area (Å²) in [6.07, 6.45) is 0. The highest BCUT2D eigenvalue weighted by atomic mass is 16.7. The third-order valence-corrected chi connectivity index (χ3v) is 4.61. The van der Waals surface area contributed by atoms with Gasteiger partial charge in [-0.2, -0.15) is 0 Å². The van der Waals surface area contributed by atoms with Crippen LogP contribution in [0.15, 0.2) is 24.3 Å². The summed E-state index contributed by atoms with van der Waals surface area (Å²) in [6, 6.07) is 7.85. The molecule has 6 heteroatoms. The van der Waals surface area contributed by atoms with Crippen LogP contribution in [-0.2, 0) is 18.8 Å². The van der Waals surface area contributed by atoms with Crippen LogP contribution in [-0.4, -0.2) is 37.9 Å². The maximum Gasteiger partial charge on any atom is 0.494 e. The molecule has 5 nitrogen and oxygen atoms in total. The van der Waals surface area contributed by atoms with E-state index in [2.05, 4.69) is 5.32 Å². The average molecular weight is 319 g/mol. The maximum absolute atomic E-state index is 11.6. The van der Waals surface area contributed by atoms with Crippen molar-refractivity contribution in [2.45, 2.75) is 51.9 Å². The summed E-state index contributed by atoms with van der Waals surface area (Å²) in [5.74, 6) is -0.130. The van der Waals surface area contributed by atoms with E-state index in [0.29, 0.717) is 0 Å².